The molecule has 0 aliphatic carbocycles. The summed E-state index contributed by atoms with van der Waals surface area (Å²) in [5.74, 6) is -0.176. The van der Waals surface area contributed by atoms with Crippen LogP contribution >= 0.6 is 0 Å². The molecule has 0 spiro atoms. The number of nitrogens with zero attached hydrogens (tertiary/aromatic N) is 1. The second kappa shape index (κ2) is 10.1. The lowest BCUT2D eigenvalue weighted by Crippen LogP contribution is -2.37. The fourth-order valence-corrected chi connectivity index (χ4v) is 3.39. The molecule has 0 saturated carbocycles. The van der Waals surface area contributed by atoms with E-state index < -0.39 is 0 Å². The molecule has 0 atom stereocenters. The Balaban J connectivity index is 1.51. The van der Waals surface area contributed by atoms with Gasteiger partial charge in [-0.05, 0) is 30.5 Å². The minimum atomic E-state index is -0.253. The number of hydrogen-bond acceptors (Lipinski definition) is 3. The third kappa shape index (κ3) is 5.41. The molecule has 1 heterocycles. The summed E-state index contributed by atoms with van der Waals surface area (Å²) in [6, 6.07) is 20.0. The summed E-state index contributed by atoms with van der Waals surface area (Å²) in [5, 5.41) is 3.14. The molecule has 26 heavy (non-hydrogen) atoms. The number of amides is 1. The Morgan fingerprint density at radius 3 is 2.08 bits per heavy atom. The molecule has 1 N–H and O–H groups in total. The van der Waals surface area contributed by atoms with Gasteiger partial charge < -0.3 is 10.1 Å². The van der Waals surface area contributed by atoms with Crippen LogP contribution in [0.25, 0.3) is 0 Å². The molecule has 4 nitrogen and oxygen atoms in total. The lowest BCUT2D eigenvalue weighted by atomic mass is 9.90. The molecule has 3 rings (SSSR count). The zero-order valence-corrected chi connectivity index (χ0v) is 15.3. The number of benzene rings is 2. The highest BCUT2D eigenvalue weighted by molar-refractivity contribution is 5.87. The summed E-state index contributed by atoms with van der Waals surface area (Å²) < 4.78 is 5.37. The van der Waals surface area contributed by atoms with E-state index in [1.54, 1.807) is 0 Å². The van der Waals surface area contributed by atoms with Crippen molar-refractivity contribution in [1.82, 2.24) is 10.2 Å². The number of nitrogens with one attached hydrogen (secondary N) is 1. The zero-order chi connectivity index (χ0) is 18.0. The predicted molar refractivity (Wildman–Crippen MR) is 104 cm³/mol. The highest BCUT2D eigenvalue weighted by Crippen LogP contribution is 2.24. The molecule has 1 amide bonds. The minimum absolute atomic E-state index is 0.0776. The van der Waals surface area contributed by atoms with Crippen molar-refractivity contribution < 1.29 is 9.53 Å². The molecule has 4 heteroatoms. The third-order valence-corrected chi connectivity index (χ3v) is 4.83. The van der Waals surface area contributed by atoms with Crippen molar-refractivity contribution in [3.05, 3.63) is 71.8 Å². The van der Waals surface area contributed by atoms with Crippen molar-refractivity contribution in [1.29, 1.82) is 0 Å². The van der Waals surface area contributed by atoms with Crippen LogP contribution in [0, 0.1) is 0 Å². The molecule has 0 bridgehead atoms. The number of hydrogen-bond donors (Lipinski definition) is 1. The Morgan fingerprint density at radius 1 is 0.923 bits per heavy atom. The first-order valence-corrected chi connectivity index (χ1v) is 9.52. The van der Waals surface area contributed by atoms with E-state index in [2.05, 4.69) is 10.2 Å². The Morgan fingerprint density at radius 2 is 1.50 bits per heavy atom. The molecule has 2 aromatic rings. The van der Waals surface area contributed by atoms with Gasteiger partial charge in [0.05, 0.1) is 19.1 Å². The van der Waals surface area contributed by atoms with Crippen molar-refractivity contribution in [3.8, 4) is 0 Å². The first-order chi connectivity index (χ1) is 12.8. The van der Waals surface area contributed by atoms with Crippen LogP contribution in [0.15, 0.2) is 60.7 Å². The molecule has 2 aromatic carbocycles. The number of carbonyl (C=O) groups is 1. The Kier molecular flexibility index (Phi) is 7.23. The van der Waals surface area contributed by atoms with Gasteiger partial charge in [0.1, 0.15) is 0 Å². The summed E-state index contributed by atoms with van der Waals surface area (Å²) >= 11 is 0. The second-order valence-corrected chi connectivity index (χ2v) is 6.71. The van der Waals surface area contributed by atoms with Gasteiger partial charge in [0.25, 0.3) is 0 Å². The topological polar surface area (TPSA) is 41.6 Å². The Labute approximate surface area is 156 Å². The fourth-order valence-electron chi connectivity index (χ4n) is 3.39. The average molecular weight is 352 g/mol. The molecule has 0 unspecified atom stereocenters. The Hall–Kier alpha value is -2.17. The summed E-state index contributed by atoms with van der Waals surface area (Å²) in [6.07, 6.45) is 2.10. The van der Waals surface area contributed by atoms with E-state index in [1.807, 2.05) is 60.7 Å². The molecule has 1 aliphatic rings. The zero-order valence-electron chi connectivity index (χ0n) is 15.3. The molecule has 0 aromatic heterocycles. The smallest absolute Gasteiger partial charge is 0.232 e. The molecular formula is C22H28N2O2. The highest BCUT2D eigenvalue weighted by Gasteiger charge is 2.21. The normalized spacial score (nSPS) is 15.1. The van der Waals surface area contributed by atoms with E-state index in [4.69, 9.17) is 4.74 Å². The molecule has 0 radical (unpaired) electrons. The van der Waals surface area contributed by atoms with Gasteiger partial charge in [-0.1, -0.05) is 60.7 Å². The molecule has 138 valence electrons. The van der Waals surface area contributed by atoms with Crippen molar-refractivity contribution >= 4 is 5.91 Å². The van der Waals surface area contributed by atoms with Gasteiger partial charge in [0, 0.05) is 19.6 Å². The minimum Gasteiger partial charge on any atom is -0.379 e. The SMILES string of the molecule is O=C(NCCCCN1CCOCC1)C(c1ccccc1)c1ccccc1. The number of morpholine rings is 1. The van der Waals surface area contributed by atoms with Crippen LogP contribution in [0.3, 0.4) is 0 Å². The summed E-state index contributed by atoms with van der Waals surface area (Å²) in [7, 11) is 0. The maximum atomic E-state index is 12.9. The van der Waals surface area contributed by atoms with Crippen LogP contribution < -0.4 is 5.32 Å². The lowest BCUT2D eigenvalue weighted by molar-refractivity contribution is -0.121. The predicted octanol–water partition coefficient (Wildman–Crippen LogP) is 3.05. The van der Waals surface area contributed by atoms with Crippen LogP contribution in [-0.2, 0) is 9.53 Å². The number of carbonyl (C=O) groups excluding carboxylic acids is 1. The monoisotopic (exact) mass is 352 g/mol. The Bertz CT molecular complexity index is 615. The largest absolute Gasteiger partial charge is 0.379 e. The fraction of sp³-hybridized carbons (Fsp3) is 0.409. The summed E-state index contributed by atoms with van der Waals surface area (Å²) in [5.41, 5.74) is 2.06. The first-order valence-electron chi connectivity index (χ1n) is 9.52. The summed E-state index contributed by atoms with van der Waals surface area (Å²) in [4.78, 5) is 15.3. The van der Waals surface area contributed by atoms with E-state index in [1.165, 1.54) is 0 Å². The molecule has 1 aliphatic heterocycles. The van der Waals surface area contributed by atoms with Crippen molar-refractivity contribution in [2.24, 2.45) is 0 Å². The van der Waals surface area contributed by atoms with Gasteiger partial charge in [0.2, 0.25) is 5.91 Å². The van der Waals surface area contributed by atoms with E-state index in [9.17, 15) is 4.79 Å². The van der Waals surface area contributed by atoms with E-state index in [0.29, 0.717) is 0 Å². The first kappa shape index (κ1) is 18.6. The molecule has 1 saturated heterocycles. The van der Waals surface area contributed by atoms with Crippen LogP contribution in [0.2, 0.25) is 0 Å². The van der Waals surface area contributed by atoms with Crippen molar-refractivity contribution in [2.45, 2.75) is 18.8 Å². The van der Waals surface area contributed by atoms with Gasteiger partial charge in [0.15, 0.2) is 0 Å². The maximum absolute atomic E-state index is 12.9. The van der Waals surface area contributed by atoms with E-state index in [0.717, 1.165) is 63.4 Å². The van der Waals surface area contributed by atoms with Gasteiger partial charge in [-0.25, -0.2) is 0 Å². The van der Waals surface area contributed by atoms with Gasteiger partial charge in [-0.2, -0.15) is 0 Å². The van der Waals surface area contributed by atoms with Crippen LogP contribution in [0.4, 0.5) is 0 Å². The second-order valence-electron chi connectivity index (χ2n) is 6.71. The number of rotatable bonds is 8. The average Bonchev–Trinajstić information content (AvgIpc) is 2.70. The van der Waals surface area contributed by atoms with Gasteiger partial charge >= 0.3 is 0 Å². The number of ether oxygens (including phenoxy) is 1. The van der Waals surface area contributed by atoms with Crippen LogP contribution in [0.1, 0.15) is 29.9 Å². The molecular weight excluding hydrogens is 324 g/mol. The van der Waals surface area contributed by atoms with Crippen molar-refractivity contribution in [3.63, 3.8) is 0 Å². The summed E-state index contributed by atoms with van der Waals surface area (Å²) in [6.45, 7) is 5.53. The lowest BCUT2D eigenvalue weighted by Gasteiger charge is -2.26. The third-order valence-electron chi connectivity index (χ3n) is 4.83. The van der Waals surface area contributed by atoms with Gasteiger partial charge in [-0.3, -0.25) is 9.69 Å². The van der Waals surface area contributed by atoms with Gasteiger partial charge in [-0.15, -0.1) is 0 Å². The standard InChI is InChI=1S/C22H28N2O2/c25-22(23-13-7-8-14-24-15-17-26-18-16-24)21(19-9-3-1-4-10-19)20-11-5-2-6-12-20/h1-6,9-12,21H,7-8,13-18H2,(H,23,25). The van der Waals surface area contributed by atoms with E-state index >= 15 is 0 Å². The number of unbranched alkanes of at least 4 members (excludes halogenated alkanes) is 1. The quantitative estimate of drug-likeness (QED) is 0.743. The molecule has 1 fully saturated rings. The highest BCUT2D eigenvalue weighted by atomic mass is 16.5. The van der Waals surface area contributed by atoms with E-state index in [-0.39, 0.29) is 11.8 Å². The van der Waals surface area contributed by atoms with Crippen LogP contribution in [0.5, 0.6) is 0 Å². The van der Waals surface area contributed by atoms with Crippen molar-refractivity contribution in [2.75, 3.05) is 39.4 Å². The van der Waals surface area contributed by atoms with Crippen LogP contribution in [-0.4, -0.2) is 50.2 Å². The maximum Gasteiger partial charge on any atom is 0.232 e.